The van der Waals surface area contributed by atoms with Gasteiger partial charge >= 0.3 is 0 Å². The summed E-state index contributed by atoms with van der Waals surface area (Å²) in [6, 6.07) is 4.66. The third kappa shape index (κ3) is 4.00. The quantitative estimate of drug-likeness (QED) is 0.908. The maximum absolute atomic E-state index is 13.0. The van der Waals surface area contributed by atoms with Crippen LogP contribution in [-0.2, 0) is 9.84 Å². The molecular weight excluding hydrogens is 333 g/mol. The van der Waals surface area contributed by atoms with Crippen LogP contribution in [0, 0.1) is 11.7 Å². The molecule has 2 atom stereocenters. The summed E-state index contributed by atoms with van der Waals surface area (Å²) in [4.78, 5) is 0. The minimum atomic E-state index is -2.82. The molecule has 19 heavy (non-hydrogen) atoms. The van der Waals surface area contributed by atoms with Gasteiger partial charge in [-0.1, -0.05) is 22.0 Å². The van der Waals surface area contributed by atoms with E-state index in [1.54, 1.807) is 6.07 Å². The van der Waals surface area contributed by atoms with Gasteiger partial charge in [0, 0.05) is 10.5 Å². The third-order valence-corrected chi connectivity index (χ3v) is 5.99. The van der Waals surface area contributed by atoms with Crippen molar-refractivity contribution in [1.29, 1.82) is 0 Å². The van der Waals surface area contributed by atoms with Gasteiger partial charge in [0.1, 0.15) is 5.82 Å². The highest BCUT2D eigenvalue weighted by molar-refractivity contribution is 9.10. The summed E-state index contributed by atoms with van der Waals surface area (Å²) < 4.78 is 36.5. The van der Waals surface area contributed by atoms with Crippen LogP contribution in [0.25, 0.3) is 0 Å². The van der Waals surface area contributed by atoms with Crippen LogP contribution in [0.3, 0.4) is 0 Å². The Morgan fingerprint density at radius 3 is 2.84 bits per heavy atom. The van der Waals surface area contributed by atoms with Crippen LogP contribution in [0.4, 0.5) is 4.39 Å². The second kappa shape index (κ2) is 5.89. The van der Waals surface area contributed by atoms with Crippen LogP contribution >= 0.6 is 15.9 Å². The summed E-state index contributed by atoms with van der Waals surface area (Å²) in [5.41, 5.74) is 0.974. The number of sulfone groups is 1. The van der Waals surface area contributed by atoms with E-state index in [0.717, 1.165) is 16.5 Å². The Morgan fingerprint density at radius 2 is 2.26 bits per heavy atom. The van der Waals surface area contributed by atoms with Crippen molar-refractivity contribution in [1.82, 2.24) is 5.32 Å². The fraction of sp³-hybridized carbons (Fsp3) is 0.538. The van der Waals surface area contributed by atoms with Gasteiger partial charge in [-0.05, 0) is 43.5 Å². The molecule has 2 rings (SSSR count). The Bertz CT molecular complexity index is 562. The van der Waals surface area contributed by atoms with E-state index in [4.69, 9.17) is 0 Å². The molecule has 0 bridgehead atoms. The molecule has 1 heterocycles. The summed E-state index contributed by atoms with van der Waals surface area (Å²) in [5, 5.41) is 3.32. The van der Waals surface area contributed by atoms with Crippen LogP contribution in [0.1, 0.15) is 24.9 Å². The smallest absolute Gasteiger partial charge is 0.150 e. The Balaban J connectivity index is 1.93. The predicted molar refractivity (Wildman–Crippen MR) is 77.3 cm³/mol. The number of nitrogens with one attached hydrogen (secondary N) is 1. The van der Waals surface area contributed by atoms with Crippen LogP contribution in [0.15, 0.2) is 22.7 Å². The van der Waals surface area contributed by atoms with E-state index in [9.17, 15) is 12.8 Å². The SMILES string of the molecule is CC(NCC1CCS(=O)(=O)C1)c1ccc(F)cc1Br. The zero-order valence-electron chi connectivity index (χ0n) is 10.7. The number of hydrogen-bond acceptors (Lipinski definition) is 3. The van der Waals surface area contributed by atoms with E-state index in [1.165, 1.54) is 12.1 Å². The number of halogens is 2. The predicted octanol–water partition coefficient (Wildman–Crippen LogP) is 2.67. The molecule has 3 nitrogen and oxygen atoms in total. The first kappa shape index (κ1) is 14.9. The fourth-order valence-corrected chi connectivity index (χ4v) is 4.90. The lowest BCUT2D eigenvalue weighted by atomic mass is 10.1. The minimum Gasteiger partial charge on any atom is -0.310 e. The highest BCUT2D eigenvalue weighted by Crippen LogP contribution is 2.25. The highest BCUT2D eigenvalue weighted by atomic mass is 79.9. The van der Waals surface area contributed by atoms with E-state index in [0.29, 0.717) is 12.3 Å². The molecule has 2 unspecified atom stereocenters. The normalized spacial score (nSPS) is 23.4. The second-order valence-electron chi connectivity index (χ2n) is 5.06. The minimum absolute atomic E-state index is 0.0540. The number of rotatable bonds is 4. The van der Waals surface area contributed by atoms with E-state index >= 15 is 0 Å². The summed E-state index contributed by atoms with van der Waals surface area (Å²) in [5.74, 6) is 0.488. The van der Waals surface area contributed by atoms with E-state index in [-0.39, 0.29) is 23.5 Å². The standard InChI is InChI=1S/C13H17BrFNO2S/c1-9(12-3-2-11(15)6-13(12)14)16-7-10-4-5-19(17,18)8-10/h2-3,6,9-10,16H,4-5,7-8H2,1H3. The first-order chi connectivity index (χ1) is 8.87. The lowest BCUT2D eigenvalue weighted by Gasteiger charge is -2.18. The third-order valence-electron chi connectivity index (χ3n) is 3.47. The van der Waals surface area contributed by atoms with Gasteiger partial charge in [-0.15, -0.1) is 0 Å². The first-order valence-corrected chi connectivity index (χ1v) is 8.87. The fourth-order valence-electron chi connectivity index (χ4n) is 2.34. The molecule has 1 aliphatic rings. The average molecular weight is 350 g/mol. The van der Waals surface area contributed by atoms with Gasteiger partial charge in [0.25, 0.3) is 0 Å². The monoisotopic (exact) mass is 349 g/mol. The lowest BCUT2D eigenvalue weighted by Crippen LogP contribution is -2.26. The van der Waals surface area contributed by atoms with Crippen LogP contribution < -0.4 is 5.32 Å². The molecule has 0 aliphatic carbocycles. The molecular formula is C13H17BrFNO2S. The summed E-state index contributed by atoms with van der Waals surface area (Å²) in [7, 11) is -2.82. The maximum Gasteiger partial charge on any atom is 0.150 e. The summed E-state index contributed by atoms with van der Waals surface area (Å²) in [6.45, 7) is 2.66. The van der Waals surface area contributed by atoms with Crippen molar-refractivity contribution in [2.75, 3.05) is 18.1 Å². The van der Waals surface area contributed by atoms with Gasteiger partial charge in [-0.2, -0.15) is 0 Å². The maximum atomic E-state index is 13.0. The Kier molecular flexibility index (Phi) is 4.63. The first-order valence-electron chi connectivity index (χ1n) is 6.26. The van der Waals surface area contributed by atoms with Gasteiger partial charge in [-0.3, -0.25) is 0 Å². The van der Waals surface area contributed by atoms with Gasteiger partial charge in [0.15, 0.2) is 9.84 Å². The van der Waals surface area contributed by atoms with Crippen LogP contribution in [-0.4, -0.2) is 26.5 Å². The Morgan fingerprint density at radius 1 is 1.53 bits per heavy atom. The lowest BCUT2D eigenvalue weighted by molar-refractivity contribution is 0.475. The second-order valence-corrected chi connectivity index (χ2v) is 8.15. The van der Waals surface area contributed by atoms with E-state index in [1.807, 2.05) is 6.92 Å². The van der Waals surface area contributed by atoms with Crippen molar-refractivity contribution in [3.05, 3.63) is 34.1 Å². The molecule has 0 radical (unpaired) electrons. The molecule has 0 saturated carbocycles. The Hall–Kier alpha value is -0.460. The molecule has 1 saturated heterocycles. The van der Waals surface area contributed by atoms with Crippen molar-refractivity contribution >= 4 is 25.8 Å². The number of hydrogen-bond donors (Lipinski definition) is 1. The molecule has 1 fully saturated rings. The highest BCUT2D eigenvalue weighted by Gasteiger charge is 2.27. The van der Waals surface area contributed by atoms with E-state index < -0.39 is 9.84 Å². The molecule has 1 N–H and O–H groups in total. The molecule has 1 aromatic carbocycles. The van der Waals surface area contributed by atoms with Gasteiger partial charge in [0.2, 0.25) is 0 Å². The molecule has 1 aromatic rings. The molecule has 1 aliphatic heterocycles. The summed E-state index contributed by atoms with van der Waals surface area (Å²) in [6.07, 6.45) is 0.729. The van der Waals surface area contributed by atoms with Crippen molar-refractivity contribution in [2.45, 2.75) is 19.4 Å². The molecule has 6 heteroatoms. The number of benzene rings is 1. The molecule has 106 valence electrons. The molecule has 0 aromatic heterocycles. The van der Waals surface area contributed by atoms with Crippen molar-refractivity contribution < 1.29 is 12.8 Å². The van der Waals surface area contributed by atoms with Crippen molar-refractivity contribution in [2.24, 2.45) is 5.92 Å². The average Bonchev–Trinajstić information content (AvgIpc) is 2.66. The Labute approximate surface area is 121 Å². The topological polar surface area (TPSA) is 46.2 Å². The largest absolute Gasteiger partial charge is 0.310 e. The van der Waals surface area contributed by atoms with E-state index in [2.05, 4.69) is 21.2 Å². The van der Waals surface area contributed by atoms with Crippen LogP contribution in [0.2, 0.25) is 0 Å². The summed E-state index contributed by atoms with van der Waals surface area (Å²) >= 11 is 3.34. The zero-order valence-corrected chi connectivity index (χ0v) is 13.1. The van der Waals surface area contributed by atoms with Gasteiger partial charge < -0.3 is 5.32 Å². The van der Waals surface area contributed by atoms with Gasteiger partial charge in [0.05, 0.1) is 11.5 Å². The van der Waals surface area contributed by atoms with Crippen molar-refractivity contribution in [3.63, 3.8) is 0 Å². The van der Waals surface area contributed by atoms with Crippen LogP contribution in [0.5, 0.6) is 0 Å². The van der Waals surface area contributed by atoms with Gasteiger partial charge in [-0.25, -0.2) is 12.8 Å². The molecule has 0 amide bonds. The van der Waals surface area contributed by atoms with Crippen molar-refractivity contribution in [3.8, 4) is 0 Å². The molecule has 0 spiro atoms. The zero-order chi connectivity index (χ0) is 14.0.